The van der Waals surface area contributed by atoms with Gasteiger partial charge in [-0.2, -0.15) is 14.7 Å². The number of ether oxygens (including phenoxy) is 1. The summed E-state index contributed by atoms with van der Waals surface area (Å²) in [4.78, 5) is 31.2. The third-order valence-corrected chi connectivity index (χ3v) is 7.78. The molecule has 10 nitrogen and oxygen atoms in total. The van der Waals surface area contributed by atoms with E-state index < -0.39 is 0 Å². The van der Waals surface area contributed by atoms with Gasteiger partial charge in [0.15, 0.2) is 11.5 Å². The largest absolute Gasteiger partial charge is 0.496 e. The molecule has 1 aromatic carbocycles. The molecule has 4 heterocycles. The van der Waals surface area contributed by atoms with Crippen molar-refractivity contribution < 1.29 is 14.3 Å². The van der Waals surface area contributed by atoms with Gasteiger partial charge in [-0.3, -0.25) is 14.3 Å². The number of benzene rings is 1. The van der Waals surface area contributed by atoms with E-state index in [4.69, 9.17) is 9.84 Å². The molecule has 2 fully saturated rings. The summed E-state index contributed by atoms with van der Waals surface area (Å²) in [6.45, 7) is 2.23. The number of methoxy groups -OCH3 is 1. The van der Waals surface area contributed by atoms with Crippen molar-refractivity contribution in [3.05, 3.63) is 48.4 Å². The molecular formula is C25H27N7O3. The highest BCUT2D eigenvalue weighted by molar-refractivity contribution is 6.08. The van der Waals surface area contributed by atoms with Gasteiger partial charge >= 0.3 is 0 Å². The Morgan fingerprint density at radius 1 is 1.31 bits per heavy atom. The summed E-state index contributed by atoms with van der Waals surface area (Å²) in [5.74, 6) is 1.23. The Hall–Kier alpha value is -3.95. The molecule has 6 rings (SSSR count). The Bertz CT molecular complexity index is 1470. The van der Waals surface area contributed by atoms with Crippen molar-refractivity contribution in [1.82, 2.24) is 29.3 Å². The number of carbonyl (C=O) groups is 2. The molecule has 1 aliphatic carbocycles. The van der Waals surface area contributed by atoms with E-state index >= 15 is 0 Å². The molecule has 4 aromatic rings. The Morgan fingerprint density at radius 3 is 2.91 bits per heavy atom. The number of likely N-dealkylation sites (tertiary alicyclic amines) is 1. The average Bonchev–Trinajstić information content (AvgIpc) is 3.46. The average molecular weight is 474 g/mol. The zero-order valence-corrected chi connectivity index (χ0v) is 19.9. The van der Waals surface area contributed by atoms with Gasteiger partial charge in [-0.15, -0.1) is 0 Å². The molecule has 3 atom stereocenters. The molecule has 2 aliphatic rings. The highest BCUT2D eigenvalue weighted by Crippen LogP contribution is 2.48. The molecule has 1 spiro atoms. The Labute approximate surface area is 201 Å². The number of imidazole rings is 1. The summed E-state index contributed by atoms with van der Waals surface area (Å²) >= 11 is 0. The van der Waals surface area contributed by atoms with Crippen LogP contribution in [-0.2, 0) is 4.79 Å². The topological polar surface area (TPSA) is 107 Å². The lowest BCUT2D eigenvalue weighted by atomic mass is 9.67. The summed E-state index contributed by atoms with van der Waals surface area (Å²) in [7, 11) is 3.46. The van der Waals surface area contributed by atoms with Crippen LogP contribution >= 0.6 is 0 Å². The first-order chi connectivity index (χ1) is 16.9. The quantitative estimate of drug-likeness (QED) is 0.456. The van der Waals surface area contributed by atoms with Crippen LogP contribution in [0.15, 0.2) is 42.9 Å². The minimum atomic E-state index is -0.311. The molecule has 1 saturated heterocycles. The first-order valence-corrected chi connectivity index (χ1v) is 11.8. The third kappa shape index (κ3) is 3.35. The molecule has 1 aliphatic heterocycles. The van der Waals surface area contributed by atoms with Gasteiger partial charge in [0, 0.05) is 30.9 Å². The van der Waals surface area contributed by atoms with Crippen LogP contribution in [0.1, 0.15) is 49.0 Å². The minimum Gasteiger partial charge on any atom is -0.496 e. The number of hydrogen-bond acceptors (Lipinski definition) is 6. The fourth-order valence-corrected chi connectivity index (χ4v) is 5.77. The molecule has 1 N–H and O–H groups in total. The molecule has 1 saturated carbocycles. The Morgan fingerprint density at radius 2 is 2.17 bits per heavy atom. The Kier molecular flexibility index (Phi) is 4.80. The predicted molar refractivity (Wildman–Crippen MR) is 129 cm³/mol. The number of carbonyl (C=O) groups excluding carboxylic acids is 2. The number of anilines is 1. The smallest absolute Gasteiger partial charge is 0.260 e. The zero-order chi connectivity index (χ0) is 24.3. The summed E-state index contributed by atoms with van der Waals surface area (Å²) in [6, 6.07) is 7.47. The van der Waals surface area contributed by atoms with Crippen molar-refractivity contribution in [3.8, 4) is 5.75 Å². The normalized spacial score (nSPS) is 24.2. The van der Waals surface area contributed by atoms with Gasteiger partial charge in [0.1, 0.15) is 5.75 Å². The molecule has 180 valence electrons. The summed E-state index contributed by atoms with van der Waals surface area (Å²) in [5, 5.41) is 12.8. The maximum atomic E-state index is 13.2. The van der Waals surface area contributed by atoms with Crippen LogP contribution in [0.2, 0.25) is 0 Å². The molecular weight excluding hydrogens is 446 g/mol. The van der Waals surface area contributed by atoms with Crippen molar-refractivity contribution in [2.75, 3.05) is 19.5 Å². The van der Waals surface area contributed by atoms with Crippen LogP contribution in [0, 0.1) is 5.92 Å². The van der Waals surface area contributed by atoms with E-state index in [-0.39, 0.29) is 23.4 Å². The second-order valence-electron chi connectivity index (χ2n) is 9.75. The third-order valence-electron chi connectivity index (χ3n) is 7.78. The molecule has 0 radical (unpaired) electrons. The highest BCUT2D eigenvalue weighted by Gasteiger charge is 2.52. The maximum absolute atomic E-state index is 13.2. The fourth-order valence-electron chi connectivity index (χ4n) is 5.77. The van der Waals surface area contributed by atoms with Crippen molar-refractivity contribution >= 4 is 34.2 Å². The van der Waals surface area contributed by atoms with E-state index in [0.717, 1.165) is 30.2 Å². The lowest BCUT2D eigenvalue weighted by Crippen LogP contribution is -2.63. The van der Waals surface area contributed by atoms with Gasteiger partial charge in [-0.05, 0) is 43.4 Å². The SMILES string of the molecule is COc1cc2nn(C3CCC4(CC(=O)N4C)C[C@H]3C)cc2cc1C(=O)Nc1cnc2cccnn12. The highest BCUT2D eigenvalue weighted by atomic mass is 16.5. The number of nitrogens with one attached hydrogen (secondary N) is 1. The van der Waals surface area contributed by atoms with Gasteiger partial charge in [0.05, 0.1) is 42.4 Å². The van der Waals surface area contributed by atoms with Crippen LogP contribution in [0.25, 0.3) is 16.6 Å². The van der Waals surface area contributed by atoms with Gasteiger partial charge in [0.25, 0.3) is 5.91 Å². The summed E-state index contributed by atoms with van der Waals surface area (Å²) in [6.07, 6.45) is 8.78. The van der Waals surface area contributed by atoms with Crippen LogP contribution < -0.4 is 10.1 Å². The van der Waals surface area contributed by atoms with E-state index in [0.29, 0.717) is 35.1 Å². The van der Waals surface area contributed by atoms with Crippen molar-refractivity contribution in [2.24, 2.45) is 5.92 Å². The zero-order valence-electron chi connectivity index (χ0n) is 19.9. The number of rotatable bonds is 4. The maximum Gasteiger partial charge on any atom is 0.260 e. The monoisotopic (exact) mass is 473 g/mol. The van der Waals surface area contributed by atoms with Crippen LogP contribution in [0.5, 0.6) is 5.75 Å². The van der Waals surface area contributed by atoms with Crippen molar-refractivity contribution in [1.29, 1.82) is 0 Å². The molecule has 3 aromatic heterocycles. The second kappa shape index (κ2) is 7.79. The van der Waals surface area contributed by atoms with E-state index in [1.54, 1.807) is 36.2 Å². The summed E-state index contributed by atoms with van der Waals surface area (Å²) < 4.78 is 9.14. The van der Waals surface area contributed by atoms with Crippen molar-refractivity contribution in [2.45, 2.75) is 44.2 Å². The lowest BCUT2D eigenvalue weighted by molar-refractivity contribution is -0.159. The van der Waals surface area contributed by atoms with E-state index in [9.17, 15) is 9.59 Å². The Balaban J connectivity index is 1.27. The second-order valence-corrected chi connectivity index (χ2v) is 9.75. The van der Waals surface area contributed by atoms with E-state index in [2.05, 4.69) is 22.3 Å². The first kappa shape index (κ1) is 21.6. The number of aromatic nitrogens is 5. The molecule has 10 heteroatoms. The molecule has 2 amide bonds. The number of amides is 2. The standard InChI is InChI=1S/C25H27N7O3/c1-15-11-25(12-23(33)30(25)2)7-6-19(15)31-14-16-9-17(20(35-3)10-18(16)29-31)24(34)28-22-13-26-21-5-4-8-27-32(21)22/h4-5,8-10,13-15,19H,6-7,11-12H2,1-3H3,(H,28,34)/t15-,19?,25?/m1/s1. The van der Waals surface area contributed by atoms with Gasteiger partial charge in [-0.25, -0.2) is 4.98 Å². The number of nitrogens with zero attached hydrogens (tertiary/aromatic N) is 6. The number of hydrogen-bond donors (Lipinski definition) is 1. The first-order valence-electron chi connectivity index (χ1n) is 11.8. The minimum absolute atomic E-state index is 0.0146. The fraction of sp³-hybridized carbons (Fsp3) is 0.400. The predicted octanol–water partition coefficient (Wildman–Crippen LogP) is 3.30. The van der Waals surface area contributed by atoms with Crippen LogP contribution in [-0.4, -0.2) is 60.8 Å². The van der Waals surface area contributed by atoms with Crippen LogP contribution in [0.4, 0.5) is 5.82 Å². The van der Waals surface area contributed by atoms with Crippen molar-refractivity contribution in [3.63, 3.8) is 0 Å². The summed E-state index contributed by atoms with van der Waals surface area (Å²) in [5.41, 5.74) is 1.85. The van der Waals surface area contributed by atoms with Gasteiger partial charge in [0.2, 0.25) is 5.91 Å². The van der Waals surface area contributed by atoms with Gasteiger partial charge < -0.3 is 15.0 Å². The molecule has 35 heavy (non-hydrogen) atoms. The van der Waals surface area contributed by atoms with Gasteiger partial charge in [-0.1, -0.05) is 6.92 Å². The molecule has 0 bridgehead atoms. The van der Waals surface area contributed by atoms with E-state index in [1.807, 2.05) is 35.0 Å². The van der Waals surface area contributed by atoms with E-state index in [1.165, 1.54) is 0 Å². The molecule has 2 unspecified atom stereocenters. The number of fused-ring (bicyclic) bond motifs is 2. The number of β-lactam (4-membered cyclic amide) rings is 1. The van der Waals surface area contributed by atoms with Crippen LogP contribution in [0.3, 0.4) is 0 Å². The lowest BCUT2D eigenvalue weighted by Gasteiger charge is -2.55.